The minimum Gasteiger partial charge on any atom is -0.493 e. The molecule has 0 radical (unpaired) electrons. The van der Waals surface area contributed by atoms with Crippen LogP contribution in [-0.4, -0.2) is 92.1 Å². The van der Waals surface area contributed by atoms with Crippen molar-refractivity contribution in [1.82, 2.24) is 14.7 Å². The third kappa shape index (κ3) is 6.69. The van der Waals surface area contributed by atoms with E-state index < -0.39 is 5.41 Å². The first-order chi connectivity index (χ1) is 16.4. The highest BCUT2D eigenvalue weighted by atomic mass is 19.1. The molecule has 1 unspecified atom stereocenters. The SMILES string of the molecule is CC1CCN(CC(=O)N2CCCC(COc3ccc(F)cc3)(CC(=O)N3CCOCC3)C2)CC1. The minimum atomic E-state index is -0.464. The maximum Gasteiger partial charge on any atom is 0.236 e. The van der Waals surface area contributed by atoms with Crippen LogP contribution in [0.25, 0.3) is 0 Å². The normalized spacial score (nSPS) is 24.8. The monoisotopic (exact) mass is 475 g/mol. The Morgan fingerprint density at radius 2 is 1.74 bits per heavy atom. The first-order valence-electron chi connectivity index (χ1n) is 12.7. The van der Waals surface area contributed by atoms with Crippen molar-refractivity contribution in [2.75, 3.05) is 65.6 Å². The van der Waals surface area contributed by atoms with Gasteiger partial charge in [0.25, 0.3) is 0 Å². The van der Waals surface area contributed by atoms with Gasteiger partial charge in [0.05, 0.1) is 26.4 Å². The van der Waals surface area contributed by atoms with Gasteiger partial charge in [-0.15, -0.1) is 0 Å². The molecule has 0 aliphatic carbocycles. The van der Waals surface area contributed by atoms with Gasteiger partial charge >= 0.3 is 0 Å². The molecule has 4 rings (SSSR count). The zero-order valence-corrected chi connectivity index (χ0v) is 20.3. The van der Waals surface area contributed by atoms with Crippen molar-refractivity contribution < 1.29 is 23.5 Å². The summed E-state index contributed by atoms with van der Waals surface area (Å²) in [6.07, 6.45) is 4.26. The molecule has 3 saturated heterocycles. The van der Waals surface area contributed by atoms with Crippen LogP contribution in [0.4, 0.5) is 4.39 Å². The smallest absolute Gasteiger partial charge is 0.236 e. The second-order valence-electron chi connectivity index (χ2n) is 10.3. The molecule has 3 fully saturated rings. The van der Waals surface area contributed by atoms with Crippen molar-refractivity contribution in [2.45, 2.75) is 39.0 Å². The topological polar surface area (TPSA) is 62.3 Å². The number of carbonyl (C=O) groups is 2. The van der Waals surface area contributed by atoms with Crippen molar-refractivity contribution in [3.63, 3.8) is 0 Å². The standard InChI is InChI=1S/C26H38FN3O4/c1-21-7-11-28(12-8-21)18-25(32)30-10-2-9-26(19-30,17-24(31)29-13-15-33-16-14-29)20-34-23-5-3-22(27)4-6-23/h3-6,21H,2,7-20H2,1H3. The number of hydrogen-bond donors (Lipinski definition) is 0. The third-order valence-corrected chi connectivity index (χ3v) is 7.50. The van der Waals surface area contributed by atoms with Gasteiger partial charge in [-0.3, -0.25) is 14.5 Å². The van der Waals surface area contributed by atoms with Crippen LogP contribution in [0, 0.1) is 17.2 Å². The van der Waals surface area contributed by atoms with Crippen LogP contribution in [0.2, 0.25) is 0 Å². The summed E-state index contributed by atoms with van der Waals surface area (Å²) in [4.78, 5) is 32.5. The molecule has 3 aliphatic heterocycles. The largest absolute Gasteiger partial charge is 0.493 e. The summed E-state index contributed by atoms with van der Waals surface area (Å²) >= 11 is 0. The molecule has 7 nitrogen and oxygen atoms in total. The fourth-order valence-corrected chi connectivity index (χ4v) is 5.26. The van der Waals surface area contributed by atoms with Crippen molar-refractivity contribution in [1.29, 1.82) is 0 Å². The van der Waals surface area contributed by atoms with E-state index in [0.29, 0.717) is 64.7 Å². The summed E-state index contributed by atoms with van der Waals surface area (Å²) in [5, 5.41) is 0. The van der Waals surface area contributed by atoms with E-state index in [1.165, 1.54) is 12.1 Å². The van der Waals surface area contributed by atoms with E-state index >= 15 is 0 Å². The van der Waals surface area contributed by atoms with Crippen LogP contribution in [-0.2, 0) is 14.3 Å². The fourth-order valence-electron chi connectivity index (χ4n) is 5.26. The number of likely N-dealkylation sites (tertiary alicyclic amines) is 2. The average molecular weight is 476 g/mol. The lowest BCUT2D eigenvalue weighted by molar-refractivity contribution is -0.144. The number of carbonyl (C=O) groups excluding carboxylic acids is 2. The summed E-state index contributed by atoms with van der Waals surface area (Å²) in [7, 11) is 0. The Balaban J connectivity index is 1.43. The Bertz CT molecular complexity index is 822. The fraction of sp³-hybridized carbons (Fsp3) is 0.692. The van der Waals surface area contributed by atoms with Crippen molar-refractivity contribution in [3.05, 3.63) is 30.1 Å². The summed E-state index contributed by atoms with van der Waals surface area (Å²) in [5.74, 6) is 1.21. The quantitative estimate of drug-likeness (QED) is 0.607. The highest BCUT2D eigenvalue weighted by Gasteiger charge is 2.41. The second-order valence-corrected chi connectivity index (χ2v) is 10.3. The summed E-state index contributed by atoms with van der Waals surface area (Å²) in [6.45, 7) is 8.51. The van der Waals surface area contributed by atoms with E-state index in [1.54, 1.807) is 12.1 Å². The van der Waals surface area contributed by atoms with Gasteiger partial charge < -0.3 is 19.3 Å². The molecule has 3 aliphatic rings. The summed E-state index contributed by atoms with van der Waals surface area (Å²) in [6, 6.07) is 5.96. The molecule has 1 aromatic carbocycles. The predicted molar refractivity (Wildman–Crippen MR) is 127 cm³/mol. The number of ether oxygens (including phenoxy) is 2. The first-order valence-corrected chi connectivity index (χ1v) is 12.7. The van der Waals surface area contributed by atoms with Crippen LogP contribution < -0.4 is 4.74 Å². The minimum absolute atomic E-state index is 0.0883. The van der Waals surface area contributed by atoms with Gasteiger partial charge in [0.2, 0.25) is 11.8 Å². The lowest BCUT2D eigenvalue weighted by atomic mass is 9.77. The van der Waals surface area contributed by atoms with E-state index in [0.717, 1.165) is 44.7 Å². The molecule has 3 heterocycles. The Kier molecular flexibility index (Phi) is 8.42. The molecular weight excluding hydrogens is 437 g/mol. The van der Waals surface area contributed by atoms with E-state index in [2.05, 4.69) is 11.8 Å². The van der Waals surface area contributed by atoms with Gasteiger partial charge in [-0.2, -0.15) is 0 Å². The zero-order chi connectivity index (χ0) is 24.0. The van der Waals surface area contributed by atoms with Crippen LogP contribution in [0.5, 0.6) is 5.75 Å². The molecule has 0 bridgehead atoms. The Hall–Kier alpha value is -2.19. The van der Waals surface area contributed by atoms with E-state index in [1.807, 2.05) is 9.80 Å². The molecule has 1 atom stereocenters. The molecule has 1 aromatic rings. The summed E-state index contributed by atoms with van der Waals surface area (Å²) < 4.78 is 24.8. The first kappa shape index (κ1) is 24.9. The molecule has 34 heavy (non-hydrogen) atoms. The highest BCUT2D eigenvalue weighted by Crippen LogP contribution is 2.35. The van der Waals surface area contributed by atoms with E-state index in [4.69, 9.17) is 9.47 Å². The zero-order valence-electron chi connectivity index (χ0n) is 20.3. The average Bonchev–Trinajstić information content (AvgIpc) is 2.86. The number of benzene rings is 1. The number of piperidine rings is 2. The third-order valence-electron chi connectivity index (χ3n) is 7.50. The van der Waals surface area contributed by atoms with Crippen molar-refractivity contribution in [2.24, 2.45) is 11.3 Å². The molecule has 8 heteroatoms. The van der Waals surface area contributed by atoms with E-state index in [9.17, 15) is 14.0 Å². The van der Waals surface area contributed by atoms with Gasteiger partial charge in [-0.25, -0.2) is 4.39 Å². The van der Waals surface area contributed by atoms with Gasteiger partial charge in [0.1, 0.15) is 11.6 Å². The maximum absolute atomic E-state index is 13.3. The Morgan fingerprint density at radius 3 is 2.44 bits per heavy atom. The molecular formula is C26H38FN3O4. The molecule has 0 aromatic heterocycles. The van der Waals surface area contributed by atoms with E-state index in [-0.39, 0.29) is 17.6 Å². The predicted octanol–water partition coefficient (Wildman–Crippen LogP) is 2.79. The number of halogens is 1. The molecule has 2 amide bonds. The van der Waals surface area contributed by atoms with Crippen molar-refractivity contribution in [3.8, 4) is 5.75 Å². The van der Waals surface area contributed by atoms with Crippen LogP contribution in [0.3, 0.4) is 0 Å². The number of morpholine rings is 1. The summed E-state index contributed by atoms with van der Waals surface area (Å²) in [5.41, 5.74) is -0.464. The number of hydrogen-bond acceptors (Lipinski definition) is 5. The number of rotatable bonds is 7. The van der Waals surface area contributed by atoms with Gasteiger partial charge in [-0.1, -0.05) is 6.92 Å². The lowest BCUT2D eigenvalue weighted by Gasteiger charge is -2.44. The van der Waals surface area contributed by atoms with Crippen molar-refractivity contribution >= 4 is 11.8 Å². The number of amides is 2. The van der Waals surface area contributed by atoms with Gasteiger partial charge in [0.15, 0.2) is 0 Å². The molecule has 188 valence electrons. The lowest BCUT2D eigenvalue weighted by Crippen LogP contribution is -2.53. The van der Waals surface area contributed by atoms with Crippen LogP contribution in [0.1, 0.15) is 39.0 Å². The van der Waals surface area contributed by atoms with Gasteiger partial charge in [0, 0.05) is 38.0 Å². The highest BCUT2D eigenvalue weighted by molar-refractivity contribution is 5.79. The van der Waals surface area contributed by atoms with Crippen LogP contribution in [0.15, 0.2) is 24.3 Å². The Morgan fingerprint density at radius 1 is 1.03 bits per heavy atom. The number of nitrogens with zero attached hydrogens (tertiary/aromatic N) is 3. The second kappa shape index (κ2) is 11.5. The van der Waals surface area contributed by atoms with Crippen LogP contribution >= 0.6 is 0 Å². The molecule has 0 N–H and O–H groups in total. The molecule has 0 spiro atoms. The maximum atomic E-state index is 13.3. The van der Waals surface area contributed by atoms with Gasteiger partial charge in [-0.05, 0) is 69.0 Å². The Labute approximate surface area is 202 Å². The molecule has 0 saturated carbocycles.